The van der Waals surface area contributed by atoms with Crippen LogP contribution in [-0.2, 0) is 9.47 Å². The highest BCUT2D eigenvalue weighted by molar-refractivity contribution is 6.50. The van der Waals surface area contributed by atoms with E-state index in [1.54, 1.807) is 0 Å². The molecule has 5 rings (SSSR count). The Bertz CT molecular complexity index is 818. The molecule has 2 spiro atoms. The fourth-order valence-electron chi connectivity index (χ4n) is 12.1. The molecule has 5 aliphatic rings. The second-order valence-electron chi connectivity index (χ2n) is 18.8. The van der Waals surface area contributed by atoms with Crippen LogP contribution < -0.4 is 0 Å². The Labute approximate surface area is 321 Å². The summed E-state index contributed by atoms with van der Waals surface area (Å²) in [5, 5.41) is 0. The van der Waals surface area contributed by atoms with Crippen LogP contribution in [0.2, 0.25) is 0 Å². The number of alkyl halides is 2. The first kappa shape index (κ1) is 41.7. The molecule has 2 nitrogen and oxygen atoms in total. The first-order chi connectivity index (χ1) is 24.4. The quantitative estimate of drug-likeness (QED) is 0.0814. The van der Waals surface area contributed by atoms with Gasteiger partial charge in [0.15, 0.2) is 0 Å². The van der Waals surface area contributed by atoms with Crippen LogP contribution in [0.3, 0.4) is 0 Å². The van der Waals surface area contributed by atoms with Crippen molar-refractivity contribution in [2.45, 2.75) is 242 Å². The zero-order valence-corrected chi connectivity index (χ0v) is 34.8. The number of ether oxygens (including phenoxy) is 2. The van der Waals surface area contributed by atoms with Gasteiger partial charge in [-0.05, 0) is 146 Å². The molecule has 50 heavy (non-hydrogen) atoms. The highest BCUT2D eigenvalue weighted by atomic mass is 35.5. The zero-order chi connectivity index (χ0) is 35.1. The van der Waals surface area contributed by atoms with E-state index in [-0.39, 0.29) is 10.8 Å². The monoisotopic (exact) mass is 737 g/mol. The van der Waals surface area contributed by atoms with Gasteiger partial charge in [-0.15, -0.1) is 23.2 Å². The van der Waals surface area contributed by atoms with E-state index in [0.717, 1.165) is 36.9 Å². The fraction of sp³-hybridized carbons (Fsp3) is 1.00. The molecule has 292 valence electrons. The second kappa shape index (κ2) is 21.6. The van der Waals surface area contributed by atoms with Crippen molar-refractivity contribution in [3.63, 3.8) is 0 Å². The molecule has 4 heteroatoms. The summed E-state index contributed by atoms with van der Waals surface area (Å²) in [6.07, 6.45) is 45.6. The maximum Gasteiger partial charge on any atom is 0.129 e. The maximum absolute atomic E-state index is 7.53. The van der Waals surface area contributed by atoms with Gasteiger partial charge in [0.05, 0.1) is 12.2 Å². The molecule has 0 heterocycles. The van der Waals surface area contributed by atoms with Gasteiger partial charge in [-0.1, -0.05) is 104 Å². The molecule has 5 saturated carbocycles. The Morgan fingerprint density at radius 2 is 0.700 bits per heavy atom. The van der Waals surface area contributed by atoms with Crippen molar-refractivity contribution < 1.29 is 9.47 Å². The van der Waals surface area contributed by atoms with E-state index >= 15 is 0 Å². The molecule has 0 N–H and O–H groups in total. The summed E-state index contributed by atoms with van der Waals surface area (Å²) in [4.78, 5) is 0. The first-order valence-electron chi connectivity index (χ1n) is 23.0. The normalized spacial score (nSPS) is 35.8. The van der Waals surface area contributed by atoms with Crippen molar-refractivity contribution in [1.82, 2.24) is 0 Å². The third-order valence-corrected chi connectivity index (χ3v) is 17.1. The predicted octanol–water partition coefficient (Wildman–Crippen LogP) is 15.3. The van der Waals surface area contributed by atoms with Gasteiger partial charge < -0.3 is 9.47 Å². The van der Waals surface area contributed by atoms with Crippen molar-refractivity contribution in [2.24, 2.45) is 34.5 Å². The summed E-state index contributed by atoms with van der Waals surface area (Å²) < 4.78 is 12.2. The number of halogens is 2. The van der Waals surface area contributed by atoms with Crippen molar-refractivity contribution >= 4 is 23.2 Å². The molecular formula is C46H82Cl2O2. The van der Waals surface area contributed by atoms with Crippen molar-refractivity contribution in [3.8, 4) is 0 Å². The van der Waals surface area contributed by atoms with E-state index < -0.39 is 4.33 Å². The Kier molecular flexibility index (Phi) is 18.0. The van der Waals surface area contributed by atoms with Gasteiger partial charge >= 0.3 is 0 Å². The minimum Gasteiger partial charge on any atom is -0.378 e. The Morgan fingerprint density at radius 1 is 0.400 bits per heavy atom. The highest BCUT2D eigenvalue weighted by Crippen LogP contribution is 2.77. The topological polar surface area (TPSA) is 18.5 Å². The molecule has 0 unspecified atom stereocenters. The van der Waals surface area contributed by atoms with Crippen LogP contribution in [0.4, 0.5) is 0 Å². The number of hydrogen-bond donors (Lipinski definition) is 0. The SMILES string of the molecule is CCCCCCCCCCO[C@H]1CC[C@H](C2CCC3(CC2)CC2(CCC([C@H]4CC[C@H](OCCCCCCCCCC)CC4)CC2)C3(Cl)Cl)CC1. The number of hydrogen-bond acceptors (Lipinski definition) is 2. The van der Waals surface area contributed by atoms with Gasteiger partial charge in [0.1, 0.15) is 4.33 Å². The van der Waals surface area contributed by atoms with Crippen LogP contribution in [-0.4, -0.2) is 29.8 Å². The smallest absolute Gasteiger partial charge is 0.129 e. The third-order valence-electron chi connectivity index (χ3n) is 15.5. The molecule has 5 fully saturated rings. The fourth-order valence-corrected chi connectivity index (χ4v) is 13.1. The third kappa shape index (κ3) is 11.3. The number of unbranched alkanes of at least 4 members (excludes halogenated alkanes) is 14. The van der Waals surface area contributed by atoms with Crippen LogP contribution in [0.15, 0.2) is 0 Å². The lowest BCUT2D eigenvalue weighted by atomic mass is 9.42. The van der Waals surface area contributed by atoms with E-state index in [9.17, 15) is 0 Å². The van der Waals surface area contributed by atoms with Crippen LogP contribution >= 0.6 is 23.2 Å². The molecular weight excluding hydrogens is 655 g/mol. The summed E-state index contributed by atoms with van der Waals surface area (Å²) in [6.45, 7) is 6.58. The van der Waals surface area contributed by atoms with E-state index in [0.29, 0.717) is 12.2 Å². The predicted molar refractivity (Wildman–Crippen MR) is 216 cm³/mol. The highest BCUT2D eigenvalue weighted by Gasteiger charge is 2.72. The minimum atomic E-state index is -0.502. The van der Waals surface area contributed by atoms with Gasteiger partial charge in [-0.3, -0.25) is 0 Å². The molecule has 0 aromatic heterocycles. The largest absolute Gasteiger partial charge is 0.378 e. The Morgan fingerprint density at radius 3 is 1.02 bits per heavy atom. The average Bonchev–Trinajstić information content (AvgIpc) is 3.14. The van der Waals surface area contributed by atoms with E-state index in [4.69, 9.17) is 32.7 Å². The summed E-state index contributed by atoms with van der Waals surface area (Å²) in [6, 6.07) is 0. The van der Waals surface area contributed by atoms with Crippen LogP contribution in [0.25, 0.3) is 0 Å². The molecule has 0 aliphatic heterocycles. The van der Waals surface area contributed by atoms with E-state index in [1.165, 1.54) is 212 Å². The van der Waals surface area contributed by atoms with Crippen LogP contribution in [0.5, 0.6) is 0 Å². The van der Waals surface area contributed by atoms with Gasteiger partial charge in [0.25, 0.3) is 0 Å². The Balaban J connectivity index is 0.910. The molecule has 0 bridgehead atoms. The van der Waals surface area contributed by atoms with Crippen LogP contribution in [0.1, 0.15) is 226 Å². The van der Waals surface area contributed by atoms with Gasteiger partial charge in [0.2, 0.25) is 0 Å². The number of rotatable bonds is 22. The Hall–Kier alpha value is 0.500. The summed E-state index contributed by atoms with van der Waals surface area (Å²) in [5.41, 5.74) is 0.389. The molecule has 0 radical (unpaired) electrons. The molecule has 0 amide bonds. The van der Waals surface area contributed by atoms with Gasteiger partial charge in [0, 0.05) is 24.0 Å². The second-order valence-corrected chi connectivity index (χ2v) is 20.1. The summed E-state index contributed by atoms with van der Waals surface area (Å²) in [5.74, 6) is 3.60. The minimum absolute atomic E-state index is 0.195. The standard InChI is InChI=1S/C46H82Cl2O2/c1-3-5-7-9-11-13-15-17-35-49-42-23-19-38(20-24-42)40-27-31-44(32-28-40)37-45(46(44,47)48)33-29-41(30-34-45)39-21-25-43(26-22-39)50-36-18-16-14-12-10-8-6-4-2/h38-43H,3-37H2,1-2H3/t38-,39-,40?,41?,42-,43-,44?,45?. The average molecular weight is 738 g/mol. The summed E-state index contributed by atoms with van der Waals surface area (Å²) in [7, 11) is 0. The maximum atomic E-state index is 7.53. The van der Waals surface area contributed by atoms with Crippen molar-refractivity contribution in [2.75, 3.05) is 13.2 Å². The summed E-state index contributed by atoms with van der Waals surface area (Å²) >= 11 is 15.1. The van der Waals surface area contributed by atoms with Crippen molar-refractivity contribution in [1.29, 1.82) is 0 Å². The lowest BCUT2D eigenvalue weighted by Crippen LogP contribution is -2.66. The van der Waals surface area contributed by atoms with Crippen molar-refractivity contribution in [3.05, 3.63) is 0 Å². The lowest BCUT2D eigenvalue weighted by molar-refractivity contribution is -0.123. The molecule has 0 saturated heterocycles. The molecule has 0 aromatic rings. The zero-order valence-electron chi connectivity index (χ0n) is 33.3. The van der Waals surface area contributed by atoms with Gasteiger partial charge in [-0.2, -0.15) is 0 Å². The lowest BCUT2D eigenvalue weighted by Gasteiger charge is -2.69. The van der Waals surface area contributed by atoms with E-state index in [1.807, 2.05) is 0 Å². The molecule has 5 aliphatic carbocycles. The molecule has 0 aromatic carbocycles. The molecule has 0 atom stereocenters. The van der Waals surface area contributed by atoms with Gasteiger partial charge in [-0.25, -0.2) is 0 Å². The first-order valence-corrected chi connectivity index (χ1v) is 23.8. The van der Waals surface area contributed by atoms with E-state index in [2.05, 4.69) is 13.8 Å². The van der Waals surface area contributed by atoms with Crippen LogP contribution in [0, 0.1) is 34.5 Å².